The zero-order chi connectivity index (χ0) is 46.3. The van der Waals surface area contributed by atoms with Crippen LogP contribution in [0, 0.1) is 27.1 Å². The Morgan fingerprint density at radius 1 is 0.377 bits per heavy atom. The van der Waals surface area contributed by atoms with Gasteiger partial charge in [-0.1, -0.05) is 20.5 Å². The monoisotopic (exact) mass is 868 g/mol. The van der Waals surface area contributed by atoms with Crippen molar-refractivity contribution >= 4 is 23.9 Å². The summed E-state index contributed by atoms with van der Waals surface area (Å²) in [7, 11) is 0. The summed E-state index contributed by atoms with van der Waals surface area (Å²) in [6.45, 7) is 13.0. The Hall–Kier alpha value is -5.04. The lowest BCUT2D eigenvalue weighted by Crippen LogP contribution is -2.43. The highest BCUT2D eigenvalue weighted by Gasteiger charge is 2.35. The van der Waals surface area contributed by atoms with Crippen LogP contribution in [0.15, 0.2) is 20.5 Å². The normalized spacial score (nSPS) is 12.6. The molecule has 0 N–H and O–H groups in total. The Bertz CT molecular complexity index is 1340. The van der Waals surface area contributed by atoms with Crippen LogP contribution >= 0.6 is 0 Å². The zero-order valence-electron chi connectivity index (χ0n) is 36.9. The number of azide groups is 4. The Balaban J connectivity index is 5.95. The minimum atomic E-state index is -1.06. The molecule has 0 aliphatic carbocycles. The van der Waals surface area contributed by atoms with Crippen molar-refractivity contribution in [3.63, 3.8) is 0 Å². The highest BCUT2D eigenvalue weighted by Crippen LogP contribution is 2.26. The first-order valence-corrected chi connectivity index (χ1v) is 19.8. The van der Waals surface area contributed by atoms with Gasteiger partial charge >= 0.3 is 23.9 Å². The van der Waals surface area contributed by atoms with Crippen LogP contribution in [-0.4, -0.2) is 129 Å². The van der Waals surface area contributed by atoms with Crippen molar-refractivity contribution in [2.75, 3.05) is 105 Å². The lowest BCUT2D eigenvalue weighted by Gasteiger charge is -2.33. The topological polar surface area (TPSA) is 337 Å². The van der Waals surface area contributed by atoms with Gasteiger partial charge in [-0.15, -0.1) is 0 Å². The van der Waals surface area contributed by atoms with Crippen LogP contribution < -0.4 is 0 Å². The van der Waals surface area contributed by atoms with Gasteiger partial charge in [0, 0.05) is 45.8 Å². The van der Waals surface area contributed by atoms with Crippen molar-refractivity contribution < 1.29 is 57.1 Å². The highest BCUT2D eigenvalue weighted by molar-refractivity contribution is 5.77. The molecule has 0 aliphatic heterocycles. The molecule has 0 rings (SSSR count). The van der Waals surface area contributed by atoms with E-state index in [0.29, 0.717) is 0 Å². The van der Waals surface area contributed by atoms with Crippen LogP contribution in [0.25, 0.3) is 41.8 Å². The van der Waals surface area contributed by atoms with E-state index < -0.39 is 51.0 Å². The molecule has 0 amide bonds. The second-order valence-corrected chi connectivity index (χ2v) is 16.6. The molecule has 61 heavy (non-hydrogen) atoms. The summed E-state index contributed by atoms with van der Waals surface area (Å²) in [5.74, 6) is -2.03. The maximum atomic E-state index is 12.7. The number of hydrogen-bond donors (Lipinski definition) is 0. The molecule has 0 heterocycles. The first-order valence-electron chi connectivity index (χ1n) is 19.8. The Labute approximate surface area is 356 Å². The van der Waals surface area contributed by atoms with Gasteiger partial charge in [-0.25, -0.2) is 0 Å². The summed E-state index contributed by atoms with van der Waals surface area (Å²) >= 11 is 0. The van der Waals surface area contributed by atoms with E-state index in [9.17, 15) is 19.2 Å². The second kappa shape index (κ2) is 30.1. The average molecular weight is 869 g/mol. The van der Waals surface area contributed by atoms with Gasteiger partial charge < -0.3 is 37.9 Å². The lowest BCUT2D eigenvalue weighted by atomic mass is 9.90. The maximum absolute atomic E-state index is 12.7. The van der Waals surface area contributed by atoms with E-state index in [1.165, 1.54) is 0 Å². The van der Waals surface area contributed by atoms with E-state index in [2.05, 4.69) is 40.1 Å². The number of ether oxygens (including phenoxy) is 8. The Morgan fingerprint density at radius 2 is 0.574 bits per heavy atom. The molecular formula is C37H64N12O12. The SMILES string of the molecule is CC(C)(CCN=[N+]=[N-])C(=O)OCCOCC(COCCOC(=O)C(C)(C)CCN=[N+]=[N-])(COCCOC(=O)C(C)(C)CCN=[N+]=[N-])COCCOC(=O)C(C)(C)CCN=[N+]=[N-]. The molecule has 0 aromatic rings. The van der Waals surface area contributed by atoms with Crippen LogP contribution in [0.3, 0.4) is 0 Å². The van der Waals surface area contributed by atoms with Gasteiger partial charge in [0.2, 0.25) is 0 Å². The molecule has 0 saturated carbocycles. The molecule has 0 aromatic carbocycles. The molecule has 344 valence electrons. The summed E-state index contributed by atoms with van der Waals surface area (Å²) in [5, 5.41) is 13.9. The Morgan fingerprint density at radius 3 is 0.754 bits per heavy atom. The predicted octanol–water partition coefficient (Wildman–Crippen LogP) is 7.12. The van der Waals surface area contributed by atoms with Crippen LogP contribution in [0.5, 0.6) is 0 Å². The molecule has 0 radical (unpaired) electrons. The van der Waals surface area contributed by atoms with Gasteiger partial charge in [0.25, 0.3) is 0 Å². The van der Waals surface area contributed by atoms with E-state index in [0.717, 1.165) is 0 Å². The van der Waals surface area contributed by atoms with Gasteiger partial charge in [0.05, 0.1) is 79.9 Å². The summed E-state index contributed by atoms with van der Waals surface area (Å²) in [6.07, 6.45) is 1.11. The van der Waals surface area contributed by atoms with Gasteiger partial charge in [-0.3, -0.25) is 19.2 Å². The van der Waals surface area contributed by atoms with Crippen LogP contribution in [0.1, 0.15) is 81.1 Å². The molecule has 0 bridgehead atoms. The third-order valence-corrected chi connectivity index (χ3v) is 9.29. The molecule has 0 atom stereocenters. The molecule has 24 heteroatoms. The van der Waals surface area contributed by atoms with Crippen molar-refractivity contribution in [2.24, 2.45) is 47.5 Å². The predicted molar refractivity (Wildman–Crippen MR) is 219 cm³/mol. The summed E-state index contributed by atoms with van der Waals surface area (Å²) < 4.78 is 45.6. The summed E-state index contributed by atoms with van der Waals surface area (Å²) in [6, 6.07) is 0. The first kappa shape index (κ1) is 56.0. The van der Waals surface area contributed by atoms with E-state index >= 15 is 0 Å². The van der Waals surface area contributed by atoms with E-state index in [4.69, 9.17) is 60.0 Å². The highest BCUT2D eigenvalue weighted by atomic mass is 16.6. The Kier molecular flexibility index (Phi) is 27.6. The fourth-order valence-electron chi connectivity index (χ4n) is 4.86. The van der Waals surface area contributed by atoms with E-state index in [1.807, 2.05) is 0 Å². The van der Waals surface area contributed by atoms with Crippen molar-refractivity contribution in [1.82, 2.24) is 0 Å². The molecule has 0 fully saturated rings. The number of rotatable bonds is 36. The second-order valence-electron chi connectivity index (χ2n) is 16.6. The fourth-order valence-corrected chi connectivity index (χ4v) is 4.86. The molecule has 0 aromatic heterocycles. The minimum absolute atomic E-state index is 0.0342. The minimum Gasteiger partial charge on any atom is -0.463 e. The van der Waals surface area contributed by atoms with Gasteiger partial charge in [0.15, 0.2) is 0 Å². The van der Waals surface area contributed by atoms with Crippen LogP contribution in [-0.2, 0) is 57.1 Å². The number of hydrogen-bond acceptors (Lipinski definition) is 16. The van der Waals surface area contributed by atoms with Gasteiger partial charge in [0.1, 0.15) is 26.4 Å². The molecule has 0 spiro atoms. The molecule has 24 nitrogen and oxygen atoms in total. The zero-order valence-corrected chi connectivity index (χ0v) is 36.9. The van der Waals surface area contributed by atoms with Crippen molar-refractivity contribution in [3.05, 3.63) is 41.8 Å². The fraction of sp³-hybridized carbons (Fsp3) is 0.892. The average Bonchev–Trinajstić information content (AvgIpc) is 3.20. The summed E-state index contributed by atoms with van der Waals surface area (Å²) in [5.41, 5.74) is 29.6. The van der Waals surface area contributed by atoms with Crippen LogP contribution in [0.2, 0.25) is 0 Å². The number of nitrogens with zero attached hydrogens (tertiary/aromatic N) is 12. The standard InChI is InChI=1S/C37H64N12O12/c1-33(2,9-13-42-46-38)29(50)58-21-17-54-25-37(26-55-18-22-59-30(51)34(3,4)10-14-43-47-39,27-56-19-23-60-31(52)35(5,6)11-15-44-48-40)28-57-20-24-61-32(53)36(7,8)12-16-45-49-41/h9-28H2,1-8H3. The van der Waals surface area contributed by atoms with E-state index in [-0.39, 0.29) is 131 Å². The van der Waals surface area contributed by atoms with Crippen molar-refractivity contribution in [3.8, 4) is 0 Å². The van der Waals surface area contributed by atoms with Gasteiger partial charge in [-0.2, -0.15) is 0 Å². The molecular weight excluding hydrogens is 804 g/mol. The maximum Gasteiger partial charge on any atom is 0.311 e. The first-order chi connectivity index (χ1) is 28.8. The molecule has 0 unspecified atom stereocenters. The van der Waals surface area contributed by atoms with Crippen molar-refractivity contribution in [2.45, 2.75) is 81.1 Å². The number of carbonyl (C=O) groups is 4. The van der Waals surface area contributed by atoms with Crippen LogP contribution in [0.4, 0.5) is 0 Å². The summed E-state index contributed by atoms with van der Waals surface area (Å²) in [4.78, 5) is 61.7. The number of esters is 4. The molecule has 0 aliphatic rings. The van der Waals surface area contributed by atoms with E-state index in [1.54, 1.807) is 55.4 Å². The molecule has 0 saturated heterocycles. The third kappa shape index (κ3) is 24.7. The number of carbonyl (C=O) groups excluding carboxylic acids is 4. The van der Waals surface area contributed by atoms with Crippen molar-refractivity contribution in [1.29, 1.82) is 0 Å². The quantitative estimate of drug-likeness (QED) is 0.0152. The lowest BCUT2D eigenvalue weighted by molar-refractivity contribution is -0.160. The third-order valence-electron chi connectivity index (χ3n) is 9.29. The largest absolute Gasteiger partial charge is 0.463 e. The smallest absolute Gasteiger partial charge is 0.311 e. The van der Waals surface area contributed by atoms with Gasteiger partial charge in [-0.05, 0) is 103 Å².